The van der Waals surface area contributed by atoms with E-state index in [1.807, 2.05) is 13.0 Å². The summed E-state index contributed by atoms with van der Waals surface area (Å²) in [7, 11) is -3.19. The van der Waals surface area contributed by atoms with Gasteiger partial charge in [0.25, 0.3) is 5.69 Å². The van der Waals surface area contributed by atoms with Gasteiger partial charge in [0, 0.05) is 31.3 Å². The quantitative estimate of drug-likeness (QED) is 0.426. The fourth-order valence-corrected chi connectivity index (χ4v) is 2.31. The second-order valence-corrected chi connectivity index (χ2v) is 6.27. The predicted molar refractivity (Wildman–Crippen MR) is 77.0 cm³/mol. The minimum Gasteiger partial charge on any atom is -0.309 e. The molecule has 0 aliphatic rings. The van der Waals surface area contributed by atoms with Gasteiger partial charge in [-0.3, -0.25) is 10.1 Å². The Kier molecular flexibility index (Phi) is 6.05. The molecule has 0 aliphatic heterocycles. The maximum atomic E-state index is 10.9. The Balaban J connectivity index is 2.62. The minimum atomic E-state index is -3.19. The van der Waals surface area contributed by atoms with Crippen LogP contribution in [0.1, 0.15) is 24.9 Å². The largest absolute Gasteiger partial charge is 0.309 e. The van der Waals surface area contributed by atoms with E-state index in [0.29, 0.717) is 6.54 Å². The topological polar surface area (TPSA) is 101 Å². The highest BCUT2D eigenvalue weighted by Gasteiger charge is 2.12. The Hall–Kier alpha value is -1.51. The lowest BCUT2D eigenvalue weighted by Crippen LogP contribution is -2.32. The fourth-order valence-electron chi connectivity index (χ4n) is 1.84. The Bertz CT molecular complexity index is 560. The van der Waals surface area contributed by atoms with E-state index in [4.69, 9.17) is 0 Å². The van der Waals surface area contributed by atoms with Gasteiger partial charge in [0.1, 0.15) is 0 Å². The van der Waals surface area contributed by atoms with Crippen LogP contribution in [0.2, 0.25) is 0 Å². The number of nitrogens with one attached hydrogen (secondary N) is 2. The monoisotopic (exact) mass is 301 g/mol. The summed E-state index contributed by atoms with van der Waals surface area (Å²) in [6, 6.07) is 6.40. The first kappa shape index (κ1) is 16.5. The molecule has 112 valence electrons. The molecule has 20 heavy (non-hydrogen) atoms. The average molecular weight is 301 g/mol. The van der Waals surface area contributed by atoms with Crippen molar-refractivity contribution in [2.45, 2.75) is 19.4 Å². The molecule has 0 radical (unpaired) electrons. The van der Waals surface area contributed by atoms with Crippen LogP contribution in [0.4, 0.5) is 5.69 Å². The molecular weight excluding hydrogens is 282 g/mol. The van der Waals surface area contributed by atoms with Gasteiger partial charge in [-0.05, 0) is 12.0 Å². The van der Waals surface area contributed by atoms with Crippen molar-refractivity contribution in [3.8, 4) is 0 Å². The minimum absolute atomic E-state index is 0.0451. The first-order valence-electron chi connectivity index (χ1n) is 6.26. The number of hydrogen-bond donors (Lipinski definition) is 2. The van der Waals surface area contributed by atoms with E-state index in [9.17, 15) is 18.5 Å². The maximum absolute atomic E-state index is 10.9. The van der Waals surface area contributed by atoms with Crippen LogP contribution in [0.5, 0.6) is 0 Å². The number of hydrogen-bond acceptors (Lipinski definition) is 5. The molecule has 0 bridgehead atoms. The van der Waals surface area contributed by atoms with Crippen molar-refractivity contribution < 1.29 is 13.3 Å². The smallest absolute Gasteiger partial charge is 0.269 e. The molecule has 1 atom stereocenters. The SMILES string of the molecule is CCC(NCCNS(C)(=O)=O)c1cccc([N+](=O)[O-])c1. The van der Waals surface area contributed by atoms with E-state index in [1.54, 1.807) is 6.07 Å². The van der Waals surface area contributed by atoms with Gasteiger partial charge < -0.3 is 5.32 Å². The van der Waals surface area contributed by atoms with Crippen molar-refractivity contribution in [2.24, 2.45) is 0 Å². The molecule has 8 heteroatoms. The summed E-state index contributed by atoms with van der Waals surface area (Å²) in [5, 5.41) is 13.9. The zero-order valence-electron chi connectivity index (χ0n) is 11.5. The van der Waals surface area contributed by atoms with Gasteiger partial charge in [0.15, 0.2) is 0 Å². The third-order valence-electron chi connectivity index (χ3n) is 2.77. The zero-order valence-corrected chi connectivity index (χ0v) is 12.3. The summed E-state index contributed by atoms with van der Waals surface area (Å²) in [6.07, 6.45) is 1.85. The standard InChI is InChI=1S/C12H19N3O4S/c1-3-12(13-7-8-14-20(2,18)19)10-5-4-6-11(9-10)15(16)17/h4-6,9,12-14H,3,7-8H2,1-2H3. The predicted octanol–water partition coefficient (Wildman–Crippen LogP) is 1.18. The molecule has 1 rings (SSSR count). The third kappa shape index (κ3) is 5.64. The molecule has 2 N–H and O–H groups in total. The summed E-state index contributed by atoms with van der Waals surface area (Å²) in [6.45, 7) is 2.69. The summed E-state index contributed by atoms with van der Waals surface area (Å²) in [5.74, 6) is 0. The van der Waals surface area contributed by atoms with Crippen molar-refractivity contribution >= 4 is 15.7 Å². The van der Waals surface area contributed by atoms with Crippen molar-refractivity contribution in [1.29, 1.82) is 0 Å². The fraction of sp³-hybridized carbons (Fsp3) is 0.500. The Morgan fingerprint density at radius 3 is 2.60 bits per heavy atom. The van der Waals surface area contributed by atoms with Gasteiger partial charge in [-0.1, -0.05) is 19.1 Å². The number of benzene rings is 1. The second kappa shape index (κ2) is 7.32. The first-order valence-corrected chi connectivity index (χ1v) is 8.15. The van der Waals surface area contributed by atoms with E-state index in [2.05, 4.69) is 10.0 Å². The zero-order chi connectivity index (χ0) is 15.2. The van der Waals surface area contributed by atoms with Crippen LogP contribution in [0, 0.1) is 10.1 Å². The third-order valence-corrected chi connectivity index (χ3v) is 3.50. The van der Waals surface area contributed by atoms with Crippen LogP contribution >= 0.6 is 0 Å². The summed E-state index contributed by atoms with van der Waals surface area (Å²) in [5.41, 5.74) is 0.873. The number of sulfonamides is 1. The average Bonchev–Trinajstić information content (AvgIpc) is 2.37. The van der Waals surface area contributed by atoms with Gasteiger partial charge in [-0.25, -0.2) is 13.1 Å². The Morgan fingerprint density at radius 2 is 2.05 bits per heavy atom. The molecule has 0 spiro atoms. The number of nitrogens with zero attached hydrogens (tertiary/aromatic N) is 1. The molecule has 1 unspecified atom stereocenters. The Morgan fingerprint density at radius 1 is 1.35 bits per heavy atom. The van der Waals surface area contributed by atoms with Gasteiger partial charge in [-0.2, -0.15) is 0 Å². The van der Waals surface area contributed by atoms with Crippen LogP contribution in [-0.2, 0) is 10.0 Å². The van der Waals surface area contributed by atoms with Crippen molar-refractivity contribution in [3.63, 3.8) is 0 Å². The lowest BCUT2D eigenvalue weighted by molar-refractivity contribution is -0.384. The molecule has 0 amide bonds. The van der Waals surface area contributed by atoms with Crippen LogP contribution in [-0.4, -0.2) is 32.7 Å². The van der Waals surface area contributed by atoms with E-state index in [-0.39, 0.29) is 18.3 Å². The maximum Gasteiger partial charge on any atom is 0.269 e. The lowest BCUT2D eigenvalue weighted by atomic mass is 10.0. The van der Waals surface area contributed by atoms with E-state index < -0.39 is 14.9 Å². The number of nitro groups is 1. The second-order valence-electron chi connectivity index (χ2n) is 4.43. The van der Waals surface area contributed by atoms with Crippen LogP contribution in [0.3, 0.4) is 0 Å². The molecular formula is C12H19N3O4S. The molecule has 0 fully saturated rings. The highest BCUT2D eigenvalue weighted by Crippen LogP contribution is 2.21. The van der Waals surface area contributed by atoms with Gasteiger partial charge in [-0.15, -0.1) is 0 Å². The van der Waals surface area contributed by atoms with Crippen molar-refractivity contribution in [1.82, 2.24) is 10.0 Å². The summed E-state index contributed by atoms with van der Waals surface area (Å²) in [4.78, 5) is 10.3. The van der Waals surface area contributed by atoms with E-state index in [1.165, 1.54) is 12.1 Å². The molecule has 0 heterocycles. The molecule has 0 aromatic heterocycles. The number of nitro benzene ring substituents is 1. The van der Waals surface area contributed by atoms with E-state index >= 15 is 0 Å². The van der Waals surface area contributed by atoms with Crippen LogP contribution in [0.15, 0.2) is 24.3 Å². The Labute approximate surface area is 118 Å². The molecule has 7 nitrogen and oxygen atoms in total. The number of non-ortho nitro benzene ring substituents is 1. The van der Waals surface area contributed by atoms with Gasteiger partial charge in [0.2, 0.25) is 10.0 Å². The van der Waals surface area contributed by atoms with Crippen molar-refractivity contribution in [2.75, 3.05) is 19.3 Å². The number of rotatable bonds is 8. The highest BCUT2D eigenvalue weighted by atomic mass is 32.2. The highest BCUT2D eigenvalue weighted by molar-refractivity contribution is 7.88. The summed E-state index contributed by atoms with van der Waals surface area (Å²) >= 11 is 0. The van der Waals surface area contributed by atoms with Crippen LogP contribution in [0.25, 0.3) is 0 Å². The molecule has 1 aromatic rings. The normalized spacial score (nSPS) is 13.1. The lowest BCUT2D eigenvalue weighted by Gasteiger charge is -2.17. The van der Waals surface area contributed by atoms with Gasteiger partial charge in [0.05, 0.1) is 11.2 Å². The first-order chi connectivity index (χ1) is 9.33. The molecule has 1 aromatic carbocycles. The summed E-state index contributed by atoms with van der Waals surface area (Å²) < 4.78 is 24.2. The van der Waals surface area contributed by atoms with Crippen LogP contribution < -0.4 is 10.0 Å². The van der Waals surface area contributed by atoms with E-state index in [0.717, 1.165) is 18.2 Å². The van der Waals surface area contributed by atoms with Crippen molar-refractivity contribution in [3.05, 3.63) is 39.9 Å². The molecule has 0 saturated carbocycles. The van der Waals surface area contributed by atoms with Gasteiger partial charge >= 0.3 is 0 Å². The molecule has 0 saturated heterocycles. The molecule has 0 aliphatic carbocycles.